The van der Waals surface area contributed by atoms with Gasteiger partial charge in [-0.2, -0.15) is 4.31 Å². The van der Waals surface area contributed by atoms with E-state index in [-0.39, 0.29) is 16.7 Å². The lowest BCUT2D eigenvalue weighted by Crippen LogP contribution is -2.45. The fourth-order valence-corrected chi connectivity index (χ4v) is 6.18. The Labute approximate surface area is 176 Å². The van der Waals surface area contributed by atoms with E-state index < -0.39 is 10.0 Å². The molecule has 162 valence electrons. The zero-order valence-corrected chi connectivity index (χ0v) is 18.4. The van der Waals surface area contributed by atoms with Crippen molar-refractivity contribution in [3.05, 3.63) is 40.8 Å². The first-order valence-electron chi connectivity index (χ1n) is 10.2. The number of methoxy groups -OCH3 is 1. The third kappa shape index (κ3) is 3.72. The minimum atomic E-state index is -3.66. The SMILES string of the molecule is COc1ccc2c(c1)CCN(C(=O)C1CCN(S(=O)(=O)c3c(C)noc3C)CC1)C2. The van der Waals surface area contributed by atoms with Gasteiger partial charge in [0.05, 0.1) is 7.11 Å². The Balaban J connectivity index is 1.40. The number of benzene rings is 1. The van der Waals surface area contributed by atoms with E-state index in [0.29, 0.717) is 50.5 Å². The first-order valence-corrected chi connectivity index (χ1v) is 11.6. The van der Waals surface area contributed by atoms with E-state index in [2.05, 4.69) is 5.16 Å². The van der Waals surface area contributed by atoms with E-state index in [1.54, 1.807) is 21.0 Å². The molecule has 2 aromatic rings. The van der Waals surface area contributed by atoms with Crippen LogP contribution in [0.25, 0.3) is 0 Å². The van der Waals surface area contributed by atoms with Crippen molar-refractivity contribution < 1.29 is 22.5 Å². The van der Waals surface area contributed by atoms with Crippen molar-refractivity contribution in [2.75, 3.05) is 26.7 Å². The fourth-order valence-electron chi connectivity index (χ4n) is 4.42. The van der Waals surface area contributed by atoms with E-state index in [4.69, 9.17) is 9.26 Å². The number of rotatable bonds is 4. The molecule has 0 atom stereocenters. The zero-order valence-electron chi connectivity index (χ0n) is 17.6. The Bertz CT molecular complexity index is 1040. The van der Waals surface area contributed by atoms with Gasteiger partial charge < -0.3 is 14.2 Å². The van der Waals surface area contributed by atoms with Crippen molar-refractivity contribution in [1.82, 2.24) is 14.4 Å². The molecule has 30 heavy (non-hydrogen) atoms. The van der Waals surface area contributed by atoms with Crippen LogP contribution in [0, 0.1) is 19.8 Å². The molecule has 0 spiro atoms. The second-order valence-corrected chi connectivity index (χ2v) is 9.85. The van der Waals surface area contributed by atoms with E-state index in [9.17, 15) is 13.2 Å². The number of ether oxygens (including phenoxy) is 1. The van der Waals surface area contributed by atoms with E-state index in [1.165, 1.54) is 9.87 Å². The molecule has 8 nitrogen and oxygen atoms in total. The second kappa shape index (κ2) is 8.03. The molecular formula is C21H27N3O5S. The monoisotopic (exact) mass is 433 g/mol. The summed E-state index contributed by atoms with van der Waals surface area (Å²) in [4.78, 5) is 15.1. The number of fused-ring (bicyclic) bond motifs is 1. The highest BCUT2D eigenvalue weighted by atomic mass is 32.2. The summed E-state index contributed by atoms with van der Waals surface area (Å²) in [5.74, 6) is 1.10. The molecular weight excluding hydrogens is 406 g/mol. The molecule has 2 aliphatic rings. The summed E-state index contributed by atoms with van der Waals surface area (Å²) in [6, 6.07) is 5.98. The smallest absolute Gasteiger partial charge is 0.248 e. The number of aryl methyl sites for hydroxylation is 2. The predicted molar refractivity (Wildman–Crippen MR) is 110 cm³/mol. The molecule has 0 saturated carbocycles. The maximum absolute atomic E-state index is 13.1. The van der Waals surface area contributed by atoms with Crippen LogP contribution in [0.2, 0.25) is 0 Å². The normalized spacial score (nSPS) is 18.3. The van der Waals surface area contributed by atoms with Crippen LogP contribution in [-0.2, 0) is 27.8 Å². The van der Waals surface area contributed by atoms with Gasteiger partial charge in [-0.3, -0.25) is 4.79 Å². The highest BCUT2D eigenvalue weighted by molar-refractivity contribution is 7.89. The summed E-state index contributed by atoms with van der Waals surface area (Å²) in [5.41, 5.74) is 2.74. The second-order valence-electron chi connectivity index (χ2n) is 7.98. The van der Waals surface area contributed by atoms with Crippen LogP contribution in [0.15, 0.2) is 27.6 Å². The van der Waals surface area contributed by atoms with Gasteiger partial charge in [0.1, 0.15) is 16.3 Å². The van der Waals surface area contributed by atoms with Gasteiger partial charge in [0.15, 0.2) is 5.76 Å². The third-order valence-corrected chi connectivity index (χ3v) is 8.25. The van der Waals surface area contributed by atoms with Crippen molar-refractivity contribution in [3.63, 3.8) is 0 Å². The van der Waals surface area contributed by atoms with E-state index >= 15 is 0 Å². The first-order chi connectivity index (χ1) is 14.3. The fraction of sp³-hybridized carbons (Fsp3) is 0.524. The number of hydrogen-bond donors (Lipinski definition) is 0. The molecule has 9 heteroatoms. The molecule has 1 saturated heterocycles. The lowest BCUT2D eigenvalue weighted by molar-refractivity contribution is -0.137. The molecule has 1 aromatic heterocycles. The predicted octanol–water partition coefficient (Wildman–Crippen LogP) is 2.29. The maximum atomic E-state index is 13.1. The average Bonchev–Trinajstić information content (AvgIpc) is 3.11. The molecule has 1 aromatic carbocycles. The van der Waals surface area contributed by atoms with Gasteiger partial charge in [0, 0.05) is 32.1 Å². The van der Waals surface area contributed by atoms with Gasteiger partial charge in [-0.25, -0.2) is 8.42 Å². The summed E-state index contributed by atoms with van der Waals surface area (Å²) >= 11 is 0. The van der Waals surface area contributed by atoms with Crippen LogP contribution in [0.1, 0.15) is 35.4 Å². The average molecular weight is 434 g/mol. The van der Waals surface area contributed by atoms with Gasteiger partial charge in [-0.05, 0) is 56.4 Å². The summed E-state index contributed by atoms with van der Waals surface area (Å²) < 4.78 is 37.7. The molecule has 0 bridgehead atoms. The third-order valence-electron chi connectivity index (χ3n) is 6.11. The molecule has 0 radical (unpaired) electrons. The topological polar surface area (TPSA) is 93.0 Å². The number of sulfonamides is 1. The standard InChI is InChI=1S/C21H27N3O5S/c1-14-20(15(2)29-22-14)30(26,27)24-10-7-16(8-11-24)21(25)23-9-6-17-12-19(28-3)5-4-18(17)13-23/h4-5,12,16H,6-11,13H2,1-3H3. The molecule has 0 N–H and O–H groups in total. The first kappa shape index (κ1) is 20.9. The molecule has 0 unspecified atom stereocenters. The molecule has 0 aliphatic carbocycles. The number of hydrogen-bond acceptors (Lipinski definition) is 6. The van der Waals surface area contributed by atoms with Crippen LogP contribution in [-0.4, -0.2) is 55.4 Å². The Morgan fingerprint density at radius 1 is 1.17 bits per heavy atom. The van der Waals surface area contributed by atoms with Gasteiger partial charge in [-0.1, -0.05) is 11.2 Å². The minimum absolute atomic E-state index is 0.117. The Kier molecular flexibility index (Phi) is 5.59. The van der Waals surface area contributed by atoms with Gasteiger partial charge in [0.2, 0.25) is 15.9 Å². The quantitative estimate of drug-likeness (QED) is 0.735. The van der Waals surface area contributed by atoms with Crippen molar-refractivity contribution in [2.45, 2.75) is 44.6 Å². The van der Waals surface area contributed by atoms with Gasteiger partial charge in [-0.15, -0.1) is 0 Å². The number of carbonyl (C=O) groups is 1. The van der Waals surface area contributed by atoms with Crippen LogP contribution in [0.4, 0.5) is 0 Å². The highest BCUT2D eigenvalue weighted by Crippen LogP contribution is 2.30. The van der Waals surface area contributed by atoms with Gasteiger partial charge in [0.25, 0.3) is 0 Å². The summed E-state index contributed by atoms with van der Waals surface area (Å²) in [7, 11) is -2.01. The molecule has 2 aliphatic heterocycles. The molecule has 3 heterocycles. The van der Waals surface area contributed by atoms with Crippen molar-refractivity contribution in [3.8, 4) is 5.75 Å². The summed E-state index contributed by atoms with van der Waals surface area (Å²) in [6.07, 6.45) is 1.85. The summed E-state index contributed by atoms with van der Waals surface area (Å²) in [5, 5.41) is 3.76. The number of carbonyl (C=O) groups excluding carboxylic acids is 1. The number of piperidine rings is 1. The van der Waals surface area contributed by atoms with Crippen molar-refractivity contribution >= 4 is 15.9 Å². The van der Waals surface area contributed by atoms with Gasteiger partial charge >= 0.3 is 0 Å². The largest absolute Gasteiger partial charge is 0.497 e. The molecule has 1 fully saturated rings. The Morgan fingerprint density at radius 2 is 1.90 bits per heavy atom. The minimum Gasteiger partial charge on any atom is -0.497 e. The molecule has 1 amide bonds. The zero-order chi connectivity index (χ0) is 21.5. The number of aromatic nitrogens is 1. The Hall–Kier alpha value is -2.39. The highest BCUT2D eigenvalue weighted by Gasteiger charge is 2.37. The lowest BCUT2D eigenvalue weighted by Gasteiger charge is -2.35. The van der Waals surface area contributed by atoms with Crippen LogP contribution < -0.4 is 4.74 Å². The van der Waals surface area contributed by atoms with E-state index in [1.807, 2.05) is 23.1 Å². The van der Waals surface area contributed by atoms with Crippen LogP contribution in [0.5, 0.6) is 5.75 Å². The number of amides is 1. The van der Waals surface area contributed by atoms with Crippen molar-refractivity contribution in [2.24, 2.45) is 5.92 Å². The Morgan fingerprint density at radius 3 is 2.53 bits per heavy atom. The maximum Gasteiger partial charge on any atom is 0.248 e. The van der Waals surface area contributed by atoms with Crippen molar-refractivity contribution in [1.29, 1.82) is 0 Å². The number of nitrogens with zero attached hydrogens (tertiary/aromatic N) is 3. The van der Waals surface area contributed by atoms with Crippen LogP contribution in [0.3, 0.4) is 0 Å². The molecule has 4 rings (SSSR count). The summed E-state index contributed by atoms with van der Waals surface area (Å²) in [6.45, 7) is 5.15. The lowest BCUT2D eigenvalue weighted by atomic mass is 9.93. The van der Waals surface area contributed by atoms with E-state index in [0.717, 1.165) is 17.7 Å². The van der Waals surface area contributed by atoms with Crippen LogP contribution >= 0.6 is 0 Å².